The fourth-order valence-electron chi connectivity index (χ4n) is 2.05. The van der Waals surface area contributed by atoms with Crippen LogP contribution in [-0.2, 0) is 19.4 Å². The van der Waals surface area contributed by atoms with E-state index in [4.69, 9.17) is 9.15 Å². The van der Waals surface area contributed by atoms with Gasteiger partial charge < -0.3 is 14.5 Å². The van der Waals surface area contributed by atoms with Gasteiger partial charge in [0.1, 0.15) is 0 Å². The van der Waals surface area contributed by atoms with Gasteiger partial charge in [0, 0.05) is 13.7 Å². The van der Waals surface area contributed by atoms with Crippen molar-refractivity contribution in [2.45, 2.75) is 29.7 Å². The molecule has 2 rings (SSSR count). The average molecular weight is 349 g/mol. The van der Waals surface area contributed by atoms with E-state index < -0.39 is 15.1 Å². The normalized spacial score (nSPS) is 21.6. The average Bonchev–Trinajstić information content (AvgIpc) is 3.05. The number of rotatable bonds is 7. The molecule has 1 amide bonds. The molecule has 1 aromatic rings. The van der Waals surface area contributed by atoms with E-state index in [0.717, 1.165) is 11.8 Å². The summed E-state index contributed by atoms with van der Waals surface area (Å²) in [6, 6.07) is 0. The van der Waals surface area contributed by atoms with E-state index in [9.17, 15) is 13.2 Å². The third-order valence-electron chi connectivity index (χ3n) is 3.26. The van der Waals surface area contributed by atoms with Crippen LogP contribution in [0.2, 0.25) is 0 Å². The van der Waals surface area contributed by atoms with Gasteiger partial charge in [0.2, 0.25) is 11.8 Å². The Morgan fingerprint density at radius 1 is 1.55 bits per heavy atom. The first-order valence-electron chi connectivity index (χ1n) is 6.88. The second kappa shape index (κ2) is 7.42. The summed E-state index contributed by atoms with van der Waals surface area (Å²) in [5, 5.41) is 10.4. The van der Waals surface area contributed by atoms with Gasteiger partial charge in [0.05, 0.1) is 29.3 Å². The Hall–Kier alpha value is -1.13. The minimum absolute atomic E-state index is 0.0480. The second-order valence-electron chi connectivity index (χ2n) is 5.05. The van der Waals surface area contributed by atoms with Crippen LogP contribution in [0, 0.1) is 0 Å². The van der Waals surface area contributed by atoms with Gasteiger partial charge in [-0.2, -0.15) is 0 Å². The zero-order chi connectivity index (χ0) is 16.2. The van der Waals surface area contributed by atoms with Crippen LogP contribution < -0.4 is 5.32 Å². The molecule has 1 fully saturated rings. The molecule has 0 spiro atoms. The molecule has 0 radical (unpaired) electrons. The van der Waals surface area contributed by atoms with E-state index in [1.807, 2.05) is 0 Å². The maximum Gasteiger partial charge on any atom is 0.277 e. The van der Waals surface area contributed by atoms with Crippen LogP contribution in [0.1, 0.15) is 25.2 Å². The lowest BCUT2D eigenvalue weighted by Gasteiger charge is -2.09. The Morgan fingerprint density at radius 3 is 2.95 bits per heavy atom. The van der Waals surface area contributed by atoms with Crippen molar-refractivity contribution in [2.75, 3.05) is 31.8 Å². The number of nitrogens with zero attached hydrogens (tertiary/aromatic N) is 2. The minimum Gasteiger partial charge on any atom is -0.416 e. The molecular weight excluding hydrogens is 330 g/mol. The van der Waals surface area contributed by atoms with Crippen molar-refractivity contribution < 1.29 is 22.4 Å². The molecule has 124 valence electrons. The number of carbonyl (C=O) groups excluding carboxylic acids is 1. The molecule has 0 aliphatic carbocycles. The summed E-state index contributed by atoms with van der Waals surface area (Å²) in [6.45, 7) is 2.62. The highest BCUT2D eigenvalue weighted by molar-refractivity contribution is 8.00. The predicted molar refractivity (Wildman–Crippen MR) is 80.5 cm³/mol. The molecule has 0 bridgehead atoms. The molecule has 0 saturated carbocycles. The van der Waals surface area contributed by atoms with Gasteiger partial charge >= 0.3 is 0 Å². The Kier molecular flexibility index (Phi) is 5.81. The first kappa shape index (κ1) is 17.2. The number of nitrogens with one attached hydrogen (secondary N) is 1. The summed E-state index contributed by atoms with van der Waals surface area (Å²) in [5.74, 6) is 0.145. The van der Waals surface area contributed by atoms with Crippen molar-refractivity contribution in [1.29, 1.82) is 0 Å². The number of carbonyl (C=O) groups is 1. The number of aromatic nitrogens is 2. The van der Waals surface area contributed by atoms with Gasteiger partial charge in [0.25, 0.3) is 5.22 Å². The van der Waals surface area contributed by atoms with Crippen molar-refractivity contribution in [3.63, 3.8) is 0 Å². The molecule has 1 N–H and O–H groups in total. The molecule has 22 heavy (non-hydrogen) atoms. The van der Waals surface area contributed by atoms with Crippen LogP contribution in [0.4, 0.5) is 0 Å². The van der Waals surface area contributed by atoms with Gasteiger partial charge in [-0.3, -0.25) is 4.79 Å². The molecule has 1 aliphatic rings. The molecule has 2 atom stereocenters. The monoisotopic (exact) mass is 349 g/mol. The third kappa shape index (κ3) is 4.68. The quantitative estimate of drug-likeness (QED) is 0.549. The smallest absolute Gasteiger partial charge is 0.277 e. The van der Waals surface area contributed by atoms with Crippen LogP contribution in [0.5, 0.6) is 0 Å². The summed E-state index contributed by atoms with van der Waals surface area (Å²) in [5.41, 5.74) is 0. The molecule has 1 aliphatic heterocycles. The Balaban J connectivity index is 1.88. The Morgan fingerprint density at radius 2 is 2.32 bits per heavy atom. The molecule has 0 unspecified atom stereocenters. The van der Waals surface area contributed by atoms with E-state index in [1.165, 1.54) is 0 Å². The fraction of sp³-hybridized carbons (Fsp3) is 0.750. The van der Waals surface area contributed by atoms with Crippen LogP contribution in [0.25, 0.3) is 0 Å². The van der Waals surface area contributed by atoms with E-state index in [-0.39, 0.29) is 28.6 Å². The largest absolute Gasteiger partial charge is 0.416 e. The Bertz CT molecular complexity index is 616. The summed E-state index contributed by atoms with van der Waals surface area (Å²) in [7, 11) is -1.43. The van der Waals surface area contributed by atoms with E-state index in [0.29, 0.717) is 25.5 Å². The van der Waals surface area contributed by atoms with Gasteiger partial charge in [-0.15, -0.1) is 10.2 Å². The first-order valence-corrected chi connectivity index (χ1v) is 9.58. The van der Waals surface area contributed by atoms with Crippen molar-refractivity contribution in [3.8, 4) is 0 Å². The molecule has 1 aromatic heterocycles. The van der Waals surface area contributed by atoms with Crippen molar-refractivity contribution >= 4 is 27.5 Å². The summed E-state index contributed by atoms with van der Waals surface area (Å²) < 4.78 is 33.2. The molecule has 1 saturated heterocycles. The standard InChI is InChI=1S/C12H19N3O5S2/c1-8(10(16)13-4-5-19-2)21-12-15-14-11(20-12)9-3-6-22(17,18)7-9/h8-9H,3-7H2,1-2H3,(H,13,16)/t8-,9-/m0/s1. The van der Waals surface area contributed by atoms with Crippen LogP contribution >= 0.6 is 11.8 Å². The van der Waals surface area contributed by atoms with E-state index in [1.54, 1.807) is 14.0 Å². The van der Waals surface area contributed by atoms with E-state index in [2.05, 4.69) is 15.5 Å². The van der Waals surface area contributed by atoms with E-state index >= 15 is 0 Å². The van der Waals surface area contributed by atoms with Gasteiger partial charge in [0.15, 0.2) is 9.84 Å². The van der Waals surface area contributed by atoms with Crippen LogP contribution in [0.15, 0.2) is 9.64 Å². The number of sulfone groups is 1. The highest BCUT2D eigenvalue weighted by Crippen LogP contribution is 2.30. The summed E-state index contributed by atoms with van der Waals surface area (Å²) in [6.07, 6.45) is 0.502. The number of hydrogen-bond acceptors (Lipinski definition) is 8. The number of amides is 1. The highest BCUT2D eigenvalue weighted by atomic mass is 32.2. The maximum atomic E-state index is 11.8. The molecule has 8 nitrogen and oxygen atoms in total. The molecular formula is C12H19N3O5S2. The number of ether oxygens (including phenoxy) is 1. The summed E-state index contributed by atoms with van der Waals surface area (Å²) in [4.78, 5) is 11.8. The Labute approximate surface area is 133 Å². The number of hydrogen-bond donors (Lipinski definition) is 1. The first-order chi connectivity index (χ1) is 10.4. The van der Waals surface area contributed by atoms with Crippen molar-refractivity contribution in [2.24, 2.45) is 0 Å². The van der Waals surface area contributed by atoms with Crippen molar-refractivity contribution in [1.82, 2.24) is 15.5 Å². The van der Waals surface area contributed by atoms with Gasteiger partial charge in [-0.05, 0) is 13.3 Å². The fourth-order valence-corrected chi connectivity index (χ4v) is 4.49. The zero-order valence-corrected chi connectivity index (χ0v) is 14.1. The lowest BCUT2D eigenvalue weighted by molar-refractivity contribution is -0.120. The van der Waals surface area contributed by atoms with Gasteiger partial charge in [-0.1, -0.05) is 11.8 Å². The molecule has 2 heterocycles. The SMILES string of the molecule is COCCNC(=O)[C@H](C)Sc1nnc([C@H]2CCS(=O)(=O)C2)o1. The van der Waals surface area contributed by atoms with Crippen LogP contribution in [-0.4, -0.2) is 61.5 Å². The van der Waals surface area contributed by atoms with Crippen molar-refractivity contribution in [3.05, 3.63) is 5.89 Å². The predicted octanol–water partition coefficient (Wildman–Crippen LogP) is 0.215. The lowest BCUT2D eigenvalue weighted by Crippen LogP contribution is -2.33. The topological polar surface area (TPSA) is 111 Å². The molecule has 10 heteroatoms. The lowest BCUT2D eigenvalue weighted by atomic mass is 10.1. The third-order valence-corrected chi connectivity index (χ3v) is 5.96. The zero-order valence-electron chi connectivity index (χ0n) is 12.4. The number of methoxy groups -OCH3 is 1. The molecule has 0 aromatic carbocycles. The summed E-state index contributed by atoms with van der Waals surface area (Å²) >= 11 is 1.15. The van der Waals surface area contributed by atoms with Gasteiger partial charge in [-0.25, -0.2) is 8.42 Å². The maximum absolute atomic E-state index is 11.8. The highest BCUT2D eigenvalue weighted by Gasteiger charge is 2.33. The minimum atomic E-state index is -2.99. The van der Waals surface area contributed by atoms with Crippen LogP contribution in [0.3, 0.4) is 0 Å². The number of thioether (sulfide) groups is 1. The second-order valence-corrected chi connectivity index (χ2v) is 8.57.